The molecule has 0 amide bonds. The summed E-state index contributed by atoms with van der Waals surface area (Å²) in [6.07, 6.45) is 4.72. The van der Waals surface area contributed by atoms with E-state index < -0.39 is 11.7 Å². The molecule has 0 radical (unpaired) electrons. The van der Waals surface area contributed by atoms with Crippen LogP contribution in [0.1, 0.15) is 65.1 Å². The summed E-state index contributed by atoms with van der Waals surface area (Å²) < 4.78 is 42.0. The summed E-state index contributed by atoms with van der Waals surface area (Å²) in [4.78, 5) is 9.40. The van der Waals surface area contributed by atoms with Crippen LogP contribution in [0.4, 0.5) is 13.2 Å². The molecule has 3 nitrogen and oxygen atoms in total. The van der Waals surface area contributed by atoms with Gasteiger partial charge in [-0.3, -0.25) is 4.40 Å². The molecular weight excluding hydrogens is 375 g/mol. The highest BCUT2D eigenvalue weighted by atomic mass is 19.4. The van der Waals surface area contributed by atoms with Crippen LogP contribution in [0.5, 0.6) is 0 Å². The van der Waals surface area contributed by atoms with E-state index in [0.717, 1.165) is 53.8 Å². The smallest absolute Gasteiger partial charge is 0.300 e. The molecule has 2 aromatic heterocycles. The van der Waals surface area contributed by atoms with Crippen LogP contribution in [-0.4, -0.2) is 14.4 Å². The molecule has 29 heavy (non-hydrogen) atoms. The molecule has 0 N–H and O–H groups in total. The highest BCUT2D eigenvalue weighted by Gasteiger charge is 2.33. The fourth-order valence-corrected chi connectivity index (χ4v) is 4.16. The first-order chi connectivity index (χ1) is 13.8. The van der Waals surface area contributed by atoms with Gasteiger partial charge in [0.05, 0.1) is 22.6 Å². The number of aromatic nitrogens is 3. The molecule has 0 saturated carbocycles. The van der Waals surface area contributed by atoms with Gasteiger partial charge < -0.3 is 0 Å². The van der Waals surface area contributed by atoms with Crippen molar-refractivity contribution in [2.45, 2.75) is 59.1 Å². The summed E-state index contributed by atoms with van der Waals surface area (Å²) in [5, 5.41) is 0. The Morgan fingerprint density at radius 2 is 1.83 bits per heavy atom. The normalized spacial score (nSPS) is 15.0. The minimum Gasteiger partial charge on any atom is -0.300 e. The number of halogens is 3. The fourth-order valence-electron chi connectivity index (χ4n) is 4.16. The van der Waals surface area contributed by atoms with Gasteiger partial charge >= 0.3 is 6.18 Å². The number of rotatable bonds is 3. The maximum Gasteiger partial charge on any atom is 0.416 e. The van der Waals surface area contributed by atoms with Crippen molar-refractivity contribution in [3.05, 3.63) is 69.9 Å². The van der Waals surface area contributed by atoms with Gasteiger partial charge in [0.25, 0.3) is 0 Å². The lowest BCUT2D eigenvalue weighted by molar-refractivity contribution is -0.138. The number of alkyl halides is 3. The average molecular weight is 399 g/mol. The first kappa shape index (κ1) is 19.7. The Morgan fingerprint density at radius 1 is 1.03 bits per heavy atom. The number of benzene rings is 1. The molecule has 0 unspecified atom stereocenters. The maximum atomic E-state index is 13.3. The number of nitrogens with zero attached hydrogens (tertiary/aromatic N) is 3. The van der Waals surface area contributed by atoms with E-state index in [1.807, 2.05) is 24.4 Å². The second-order valence-electron chi connectivity index (χ2n) is 7.79. The highest BCUT2D eigenvalue weighted by molar-refractivity contribution is 5.64. The number of fused-ring (bicyclic) bond motifs is 1. The molecule has 0 fully saturated rings. The molecule has 0 aliphatic heterocycles. The monoisotopic (exact) mass is 399 g/mol. The SMILES string of the molecule is Cc1nc2c(C)nc(C3=CCCCC3)cn2c1Cc1cccc(C(F)(F)F)c1C. The van der Waals surface area contributed by atoms with Gasteiger partial charge in [0, 0.05) is 18.3 Å². The third-order valence-corrected chi connectivity index (χ3v) is 5.80. The van der Waals surface area contributed by atoms with Crippen molar-refractivity contribution < 1.29 is 13.2 Å². The van der Waals surface area contributed by atoms with E-state index in [0.29, 0.717) is 12.0 Å². The summed E-state index contributed by atoms with van der Waals surface area (Å²) in [6, 6.07) is 4.39. The van der Waals surface area contributed by atoms with E-state index in [2.05, 4.69) is 11.1 Å². The Kier molecular flexibility index (Phi) is 4.97. The second kappa shape index (κ2) is 7.32. The minimum atomic E-state index is -4.35. The van der Waals surface area contributed by atoms with Crippen molar-refractivity contribution in [1.82, 2.24) is 14.4 Å². The highest BCUT2D eigenvalue weighted by Crippen LogP contribution is 2.34. The molecule has 1 aliphatic rings. The minimum absolute atomic E-state index is 0.273. The fraction of sp³-hybridized carbons (Fsp3) is 0.391. The molecule has 1 aliphatic carbocycles. The van der Waals surface area contributed by atoms with E-state index in [9.17, 15) is 13.2 Å². The van der Waals surface area contributed by atoms with Gasteiger partial charge in [-0.15, -0.1) is 0 Å². The van der Waals surface area contributed by atoms with Crippen LogP contribution in [0, 0.1) is 20.8 Å². The number of hydrogen-bond donors (Lipinski definition) is 0. The zero-order valence-electron chi connectivity index (χ0n) is 16.9. The van der Waals surface area contributed by atoms with Crippen LogP contribution in [-0.2, 0) is 12.6 Å². The van der Waals surface area contributed by atoms with Crippen LogP contribution < -0.4 is 0 Å². The average Bonchev–Trinajstić information content (AvgIpc) is 2.99. The van der Waals surface area contributed by atoms with E-state index in [4.69, 9.17) is 4.98 Å². The quantitative estimate of drug-likeness (QED) is 0.523. The molecule has 0 spiro atoms. The van der Waals surface area contributed by atoms with Crippen LogP contribution in [0.15, 0.2) is 30.5 Å². The van der Waals surface area contributed by atoms with Gasteiger partial charge in [-0.05, 0) is 69.2 Å². The van der Waals surface area contributed by atoms with E-state index >= 15 is 0 Å². The summed E-state index contributed by atoms with van der Waals surface area (Å²) in [5.74, 6) is 0. The van der Waals surface area contributed by atoms with Crippen molar-refractivity contribution in [1.29, 1.82) is 0 Å². The van der Waals surface area contributed by atoms with Gasteiger partial charge in [-0.2, -0.15) is 13.2 Å². The van der Waals surface area contributed by atoms with Crippen molar-refractivity contribution in [3.63, 3.8) is 0 Å². The van der Waals surface area contributed by atoms with Gasteiger partial charge in [0.1, 0.15) is 0 Å². The second-order valence-corrected chi connectivity index (χ2v) is 7.79. The number of imidazole rings is 1. The van der Waals surface area contributed by atoms with Gasteiger partial charge in [0.15, 0.2) is 5.65 Å². The molecule has 1 aromatic carbocycles. The Hall–Kier alpha value is -2.63. The molecule has 0 atom stereocenters. The van der Waals surface area contributed by atoms with Gasteiger partial charge in [-0.1, -0.05) is 18.2 Å². The molecule has 6 heteroatoms. The zero-order chi connectivity index (χ0) is 20.8. The van der Waals surface area contributed by atoms with E-state index in [1.165, 1.54) is 18.1 Å². The van der Waals surface area contributed by atoms with Crippen LogP contribution in [0.2, 0.25) is 0 Å². The topological polar surface area (TPSA) is 30.2 Å². The standard InChI is InChI=1S/C23H24F3N3/c1-14-18(10-7-11-19(14)23(24,25)26)12-21-15(2)28-22-16(3)27-20(13-29(21)22)17-8-5-4-6-9-17/h7-8,10-11,13H,4-6,9,12H2,1-3H3. The number of aryl methyl sites for hydroxylation is 2. The van der Waals surface area contributed by atoms with E-state index in [-0.39, 0.29) is 5.56 Å². The third-order valence-electron chi connectivity index (χ3n) is 5.80. The molecule has 0 bridgehead atoms. The van der Waals surface area contributed by atoms with Crippen molar-refractivity contribution >= 4 is 11.2 Å². The number of hydrogen-bond acceptors (Lipinski definition) is 2. The maximum absolute atomic E-state index is 13.3. The Labute approximate surface area is 168 Å². The molecule has 0 saturated heterocycles. The first-order valence-electron chi connectivity index (χ1n) is 9.96. The Balaban J connectivity index is 1.81. The molecular formula is C23H24F3N3. The van der Waals surface area contributed by atoms with Crippen molar-refractivity contribution in [3.8, 4) is 0 Å². The van der Waals surface area contributed by atoms with Gasteiger partial charge in [-0.25, -0.2) is 9.97 Å². The van der Waals surface area contributed by atoms with Crippen LogP contribution in [0.3, 0.4) is 0 Å². The summed E-state index contributed by atoms with van der Waals surface area (Å²) in [7, 11) is 0. The Bertz CT molecular complexity index is 1110. The Morgan fingerprint density at radius 3 is 2.52 bits per heavy atom. The summed E-state index contributed by atoms with van der Waals surface area (Å²) in [6.45, 7) is 5.39. The van der Waals surface area contributed by atoms with E-state index in [1.54, 1.807) is 13.0 Å². The lowest BCUT2D eigenvalue weighted by atomic mass is 9.97. The van der Waals surface area contributed by atoms with Crippen molar-refractivity contribution in [2.75, 3.05) is 0 Å². The lowest BCUT2D eigenvalue weighted by Gasteiger charge is -2.15. The summed E-state index contributed by atoms with van der Waals surface area (Å²) >= 11 is 0. The molecule has 2 heterocycles. The predicted molar refractivity (Wildman–Crippen MR) is 108 cm³/mol. The third kappa shape index (κ3) is 3.68. The molecule has 152 valence electrons. The molecule has 4 rings (SSSR count). The first-order valence-corrected chi connectivity index (χ1v) is 9.96. The van der Waals surface area contributed by atoms with Crippen molar-refractivity contribution in [2.24, 2.45) is 0 Å². The summed E-state index contributed by atoms with van der Waals surface area (Å²) in [5.41, 5.74) is 5.88. The van der Waals surface area contributed by atoms with Gasteiger partial charge in [0.2, 0.25) is 0 Å². The number of allylic oxidation sites excluding steroid dienone is 2. The zero-order valence-corrected chi connectivity index (χ0v) is 16.9. The van der Waals surface area contributed by atoms with Crippen LogP contribution >= 0.6 is 0 Å². The molecule has 3 aromatic rings. The largest absolute Gasteiger partial charge is 0.416 e. The predicted octanol–water partition coefficient (Wildman–Crippen LogP) is 6.22. The lowest BCUT2D eigenvalue weighted by Crippen LogP contribution is -2.10. The van der Waals surface area contributed by atoms with Crippen LogP contribution in [0.25, 0.3) is 11.2 Å².